The number of phenols is 1. The van der Waals surface area contributed by atoms with Crippen molar-refractivity contribution in [2.45, 2.75) is 46.0 Å². The van der Waals surface area contributed by atoms with Crippen LogP contribution in [0.3, 0.4) is 0 Å². The first-order valence-corrected chi connectivity index (χ1v) is 9.08. The van der Waals surface area contributed by atoms with Crippen LogP contribution < -0.4 is 4.74 Å². The van der Waals surface area contributed by atoms with Crippen LogP contribution in [0.5, 0.6) is 11.5 Å². The highest BCUT2D eigenvalue weighted by atomic mass is 16.5. The maximum atomic E-state index is 12.6. The fraction of sp³-hybridized carbons (Fsp3) is 0.409. The van der Waals surface area contributed by atoms with Crippen LogP contribution in [-0.2, 0) is 0 Å². The first-order chi connectivity index (χ1) is 12.1. The molecule has 0 aromatic heterocycles. The molecule has 0 radical (unpaired) electrons. The van der Waals surface area contributed by atoms with E-state index in [0.717, 1.165) is 36.1 Å². The molecule has 1 atom stereocenters. The maximum absolute atomic E-state index is 12.6. The van der Waals surface area contributed by atoms with Crippen molar-refractivity contribution in [3.8, 4) is 22.6 Å². The Labute approximate surface area is 150 Å². The third kappa shape index (κ3) is 5.09. The second-order valence-corrected chi connectivity index (χ2v) is 6.58. The number of carbonyl (C=O) groups is 1. The van der Waals surface area contributed by atoms with E-state index in [2.05, 4.69) is 6.92 Å². The molecule has 3 nitrogen and oxygen atoms in total. The summed E-state index contributed by atoms with van der Waals surface area (Å²) in [5, 5.41) is 10.3. The lowest BCUT2D eigenvalue weighted by Gasteiger charge is -2.12. The highest BCUT2D eigenvalue weighted by Crippen LogP contribution is 2.30. The average molecular weight is 340 g/mol. The van der Waals surface area contributed by atoms with Gasteiger partial charge in [-0.2, -0.15) is 0 Å². The standard InChI is InChI=1S/C22H28O3/c1-4-5-6-7-8-16(2)22(24)20-14-11-18(15-21(20)23)17-9-12-19(25-3)13-10-17/h9-16,23H,4-8H2,1-3H3/t16-/m0/s1. The minimum atomic E-state index is -0.0606. The molecule has 25 heavy (non-hydrogen) atoms. The van der Waals surface area contributed by atoms with Crippen molar-refractivity contribution in [2.75, 3.05) is 7.11 Å². The molecule has 0 bridgehead atoms. The molecule has 0 aliphatic rings. The minimum Gasteiger partial charge on any atom is -0.507 e. The molecule has 0 heterocycles. The van der Waals surface area contributed by atoms with Gasteiger partial charge >= 0.3 is 0 Å². The van der Waals surface area contributed by atoms with E-state index in [4.69, 9.17) is 4.74 Å². The van der Waals surface area contributed by atoms with Crippen molar-refractivity contribution in [1.82, 2.24) is 0 Å². The molecule has 134 valence electrons. The Morgan fingerprint density at radius 3 is 2.32 bits per heavy atom. The van der Waals surface area contributed by atoms with Gasteiger partial charge < -0.3 is 9.84 Å². The maximum Gasteiger partial charge on any atom is 0.169 e. The van der Waals surface area contributed by atoms with Crippen LogP contribution in [0.1, 0.15) is 56.3 Å². The number of hydrogen-bond donors (Lipinski definition) is 1. The van der Waals surface area contributed by atoms with Gasteiger partial charge in [0.15, 0.2) is 5.78 Å². The van der Waals surface area contributed by atoms with Crippen molar-refractivity contribution in [3.63, 3.8) is 0 Å². The van der Waals surface area contributed by atoms with Crippen LogP contribution in [0.25, 0.3) is 11.1 Å². The van der Waals surface area contributed by atoms with Gasteiger partial charge in [-0.1, -0.05) is 57.7 Å². The molecule has 0 unspecified atom stereocenters. The Morgan fingerprint density at radius 1 is 1.04 bits per heavy atom. The number of hydrogen-bond acceptors (Lipinski definition) is 3. The predicted molar refractivity (Wildman–Crippen MR) is 102 cm³/mol. The van der Waals surface area contributed by atoms with E-state index in [1.54, 1.807) is 19.2 Å². The van der Waals surface area contributed by atoms with E-state index >= 15 is 0 Å². The molecule has 0 amide bonds. The molecule has 2 aromatic carbocycles. The number of methoxy groups -OCH3 is 1. The fourth-order valence-corrected chi connectivity index (χ4v) is 2.98. The number of carbonyl (C=O) groups excluding carboxylic acids is 1. The van der Waals surface area contributed by atoms with Gasteiger partial charge in [0.25, 0.3) is 0 Å². The fourth-order valence-electron chi connectivity index (χ4n) is 2.98. The SMILES string of the molecule is CCCCCC[C@H](C)C(=O)c1ccc(-c2ccc(OC)cc2)cc1O. The summed E-state index contributed by atoms with van der Waals surface area (Å²) in [5.41, 5.74) is 2.27. The van der Waals surface area contributed by atoms with E-state index in [9.17, 15) is 9.90 Å². The van der Waals surface area contributed by atoms with Gasteiger partial charge in [-0.3, -0.25) is 4.79 Å². The van der Waals surface area contributed by atoms with Crippen molar-refractivity contribution >= 4 is 5.78 Å². The smallest absolute Gasteiger partial charge is 0.169 e. The summed E-state index contributed by atoms with van der Waals surface area (Å²) >= 11 is 0. The summed E-state index contributed by atoms with van der Waals surface area (Å²) in [6.07, 6.45) is 5.50. The highest BCUT2D eigenvalue weighted by Gasteiger charge is 2.18. The molecule has 0 saturated carbocycles. The van der Waals surface area contributed by atoms with Gasteiger partial charge in [-0.15, -0.1) is 0 Å². The summed E-state index contributed by atoms with van der Waals surface area (Å²) in [7, 11) is 1.63. The molecule has 0 aliphatic carbocycles. The molecule has 3 heteroatoms. The molecular formula is C22H28O3. The zero-order chi connectivity index (χ0) is 18.2. The molecule has 0 fully saturated rings. The molecule has 2 rings (SSSR count). The Hall–Kier alpha value is -2.29. The number of Topliss-reactive ketones (excluding diaryl/α,β-unsaturated/α-hetero) is 1. The molecular weight excluding hydrogens is 312 g/mol. The summed E-state index contributed by atoms with van der Waals surface area (Å²) in [5.74, 6) is 0.806. The van der Waals surface area contributed by atoms with E-state index in [0.29, 0.717) is 5.56 Å². The third-order valence-electron chi connectivity index (χ3n) is 4.62. The molecule has 0 aliphatic heterocycles. The number of unbranched alkanes of at least 4 members (excludes halogenated alkanes) is 3. The number of phenolic OH excluding ortho intramolecular Hbond substituents is 1. The average Bonchev–Trinajstić information content (AvgIpc) is 2.64. The molecule has 1 N–H and O–H groups in total. The van der Waals surface area contributed by atoms with Crippen LogP contribution in [0.4, 0.5) is 0 Å². The third-order valence-corrected chi connectivity index (χ3v) is 4.62. The lowest BCUT2D eigenvalue weighted by molar-refractivity contribution is 0.0919. The number of ketones is 1. The second-order valence-electron chi connectivity index (χ2n) is 6.58. The summed E-state index contributed by atoms with van der Waals surface area (Å²) in [6, 6.07) is 12.9. The molecule has 0 saturated heterocycles. The largest absolute Gasteiger partial charge is 0.507 e. The van der Waals surface area contributed by atoms with Crippen molar-refractivity contribution in [3.05, 3.63) is 48.0 Å². The molecule has 2 aromatic rings. The zero-order valence-corrected chi connectivity index (χ0v) is 15.4. The lowest BCUT2D eigenvalue weighted by Crippen LogP contribution is -2.11. The highest BCUT2D eigenvalue weighted by molar-refractivity contribution is 6.00. The van der Waals surface area contributed by atoms with E-state index in [1.165, 1.54) is 12.8 Å². The summed E-state index contributed by atoms with van der Waals surface area (Å²) < 4.78 is 5.16. The van der Waals surface area contributed by atoms with Crippen LogP contribution in [-0.4, -0.2) is 18.0 Å². The monoisotopic (exact) mass is 340 g/mol. The van der Waals surface area contributed by atoms with E-state index < -0.39 is 0 Å². The number of benzene rings is 2. The van der Waals surface area contributed by atoms with Gasteiger partial charge in [-0.05, 0) is 41.8 Å². The van der Waals surface area contributed by atoms with Crippen LogP contribution in [0, 0.1) is 5.92 Å². The minimum absolute atomic E-state index is 0.0234. The normalized spacial score (nSPS) is 12.0. The Balaban J connectivity index is 2.08. The second kappa shape index (κ2) is 9.26. The summed E-state index contributed by atoms with van der Waals surface area (Å²) in [6.45, 7) is 4.13. The van der Waals surface area contributed by atoms with Gasteiger partial charge in [0, 0.05) is 5.92 Å². The van der Waals surface area contributed by atoms with Crippen LogP contribution >= 0.6 is 0 Å². The predicted octanol–water partition coefficient (Wildman–Crippen LogP) is 5.86. The Bertz CT molecular complexity index is 689. The van der Waals surface area contributed by atoms with Crippen LogP contribution in [0.15, 0.2) is 42.5 Å². The molecule has 0 spiro atoms. The van der Waals surface area contributed by atoms with Crippen molar-refractivity contribution in [1.29, 1.82) is 0 Å². The quantitative estimate of drug-likeness (QED) is 0.459. The first-order valence-electron chi connectivity index (χ1n) is 9.08. The van der Waals surface area contributed by atoms with Gasteiger partial charge in [0.1, 0.15) is 11.5 Å². The topological polar surface area (TPSA) is 46.5 Å². The van der Waals surface area contributed by atoms with E-state index in [1.807, 2.05) is 37.3 Å². The first kappa shape index (κ1) is 19.0. The Morgan fingerprint density at radius 2 is 1.72 bits per heavy atom. The number of rotatable bonds is 9. The van der Waals surface area contributed by atoms with Gasteiger partial charge in [-0.25, -0.2) is 0 Å². The van der Waals surface area contributed by atoms with Gasteiger partial charge in [0.2, 0.25) is 0 Å². The zero-order valence-electron chi connectivity index (χ0n) is 15.4. The number of ether oxygens (including phenoxy) is 1. The van der Waals surface area contributed by atoms with Crippen molar-refractivity contribution < 1.29 is 14.6 Å². The lowest BCUT2D eigenvalue weighted by atomic mass is 9.92. The number of aromatic hydroxyl groups is 1. The van der Waals surface area contributed by atoms with E-state index in [-0.39, 0.29) is 17.5 Å². The van der Waals surface area contributed by atoms with Crippen molar-refractivity contribution in [2.24, 2.45) is 5.92 Å². The van der Waals surface area contributed by atoms with Crippen LogP contribution in [0.2, 0.25) is 0 Å². The Kier molecular flexibility index (Phi) is 7.05. The summed E-state index contributed by atoms with van der Waals surface area (Å²) in [4.78, 5) is 12.6. The van der Waals surface area contributed by atoms with Gasteiger partial charge in [0.05, 0.1) is 12.7 Å².